The highest BCUT2D eigenvalue weighted by molar-refractivity contribution is 5.19. The van der Waals surface area contributed by atoms with E-state index >= 15 is 0 Å². The lowest BCUT2D eigenvalue weighted by Crippen LogP contribution is -2.34. The highest BCUT2D eigenvalue weighted by Crippen LogP contribution is 2.50. The molecule has 0 aliphatic heterocycles. The average Bonchev–Trinajstić information content (AvgIpc) is 2.84. The Morgan fingerprint density at radius 3 is 2.83 bits per heavy atom. The molecule has 0 spiro atoms. The van der Waals surface area contributed by atoms with Crippen LogP contribution >= 0.6 is 0 Å². The molecule has 1 fully saturated rings. The summed E-state index contributed by atoms with van der Waals surface area (Å²) in [6, 6.07) is 3.93. The Morgan fingerprint density at radius 2 is 2.33 bits per heavy atom. The summed E-state index contributed by atoms with van der Waals surface area (Å²) >= 11 is 0. The number of aliphatic hydroxyl groups is 1. The monoisotopic (exact) mass is 248 g/mol. The first kappa shape index (κ1) is 13.5. The third-order valence-corrected chi connectivity index (χ3v) is 4.56. The van der Waals surface area contributed by atoms with Crippen LogP contribution in [0.15, 0.2) is 18.3 Å². The van der Waals surface area contributed by atoms with Crippen LogP contribution in [0.25, 0.3) is 0 Å². The SMILES string of the molecule is CCC1CCC(CN)(C(O)c2ccc(C)nc2)C1. The molecule has 3 atom stereocenters. The number of hydrogen-bond acceptors (Lipinski definition) is 3. The Morgan fingerprint density at radius 1 is 1.56 bits per heavy atom. The molecule has 3 nitrogen and oxygen atoms in total. The standard InChI is InChI=1S/C15H24N2O/c1-3-12-6-7-15(8-12,10-16)14(18)13-5-4-11(2)17-9-13/h4-5,9,12,14,18H,3,6-8,10,16H2,1-2H3. The second-order valence-corrected chi connectivity index (χ2v) is 5.72. The van der Waals surface area contributed by atoms with Crippen molar-refractivity contribution in [3.8, 4) is 0 Å². The van der Waals surface area contributed by atoms with Crippen molar-refractivity contribution in [2.75, 3.05) is 6.54 Å². The summed E-state index contributed by atoms with van der Waals surface area (Å²) in [6.07, 6.45) is 5.74. The molecular formula is C15H24N2O. The van der Waals surface area contributed by atoms with Gasteiger partial charge < -0.3 is 10.8 Å². The van der Waals surface area contributed by atoms with E-state index in [0.29, 0.717) is 12.5 Å². The molecule has 0 bridgehead atoms. The molecule has 1 saturated carbocycles. The van der Waals surface area contributed by atoms with Crippen molar-refractivity contribution in [2.45, 2.75) is 45.6 Å². The number of nitrogens with zero attached hydrogens (tertiary/aromatic N) is 1. The number of nitrogens with two attached hydrogens (primary N) is 1. The van der Waals surface area contributed by atoms with Gasteiger partial charge in [0.15, 0.2) is 0 Å². The minimum Gasteiger partial charge on any atom is -0.388 e. The number of rotatable bonds is 4. The summed E-state index contributed by atoms with van der Waals surface area (Å²) in [4.78, 5) is 4.28. The predicted octanol–water partition coefficient (Wildman–Crippen LogP) is 2.58. The van der Waals surface area contributed by atoms with E-state index in [9.17, 15) is 5.11 Å². The van der Waals surface area contributed by atoms with Gasteiger partial charge in [0.25, 0.3) is 0 Å². The molecule has 3 unspecified atom stereocenters. The lowest BCUT2D eigenvalue weighted by atomic mass is 9.77. The van der Waals surface area contributed by atoms with E-state index in [1.807, 2.05) is 19.1 Å². The van der Waals surface area contributed by atoms with Crippen LogP contribution in [0, 0.1) is 18.3 Å². The summed E-state index contributed by atoms with van der Waals surface area (Å²) in [7, 11) is 0. The van der Waals surface area contributed by atoms with Crippen LogP contribution < -0.4 is 5.73 Å². The molecule has 18 heavy (non-hydrogen) atoms. The molecule has 2 rings (SSSR count). The third kappa shape index (κ3) is 2.43. The zero-order valence-electron chi connectivity index (χ0n) is 11.4. The molecule has 1 aliphatic carbocycles. The summed E-state index contributed by atoms with van der Waals surface area (Å²) in [5.74, 6) is 0.710. The van der Waals surface area contributed by atoms with Gasteiger partial charge in [-0.3, -0.25) is 4.98 Å². The minimum absolute atomic E-state index is 0.141. The van der Waals surface area contributed by atoms with Crippen molar-refractivity contribution < 1.29 is 5.11 Å². The first-order chi connectivity index (χ1) is 8.61. The van der Waals surface area contributed by atoms with E-state index < -0.39 is 6.10 Å². The lowest BCUT2D eigenvalue weighted by Gasteiger charge is -2.33. The normalized spacial score (nSPS) is 29.4. The van der Waals surface area contributed by atoms with Gasteiger partial charge in [0.05, 0.1) is 6.10 Å². The third-order valence-electron chi connectivity index (χ3n) is 4.56. The molecule has 3 heteroatoms. The molecule has 3 N–H and O–H groups in total. The molecule has 0 aromatic carbocycles. The van der Waals surface area contributed by atoms with Gasteiger partial charge in [-0.05, 0) is 43.7 Å². The van der Waals surface area contributed by atoms with Gasteiger partial charge in [0.2, 0.25) is 0 Å². The minimum atomic E-state index is -0.479. The van der Waals surface area contributed by atoms with Crippen molar-refractivity contribution in [1.29, 1.82) is 0 Å². The Labute approximate surface area is 109 Å². The van der Waals surface area contributed by atoms with E-state index in [4.69, 9.17) is 5.73 Å². The maximum absolute atomic E-state index is 10.7. The van der Waals surface area contributed by atoms with Gasteiger partial charge in [0, 0.05) is 23.9 Å². The van der Waals surface area contributed by atoms with Gasteiger partial charge >= 0.3 is 0 Å². The highest BCUT2D eigenvalue weighted by Gasteiger charge is 2.43. The quantitative estimate of drug-likeness (QED) is 0.861. The molecule has 1 aliphatic rings. The first-order valence-electron chi connectivity index (χ1n) is 6.92. The molecular weight excluding hydrogens is 224 g/mol. The fraction of sp³-hybridized carbons (Fsp3) is 0.667. The second kappa shape index (κ2) is 5.37. The van der Waals surface area contributed by atoms with Crippen LogP contribution in [0.3, 0.4) is 0 Å². The highest BCUT2D eigenvalue weighted by atomic mass is 16.3. The maximum atomic E-state index is 10.7. The summed E-state index contributed by atoms with van der Waals surface area (Å²) in [5.41, 5.74) is 7.71. The van der Waals surface area contributed by atoms with Gasteiger partial charge in [0.1, 0.15) is 0 Å². The Hall–Kier alpha value is -0.930. The predicted molar refractivity (Wildman–Crippen MR) is 73.1 cm³/mol. The van der Waals surface area contributed by atoms with Crippen LogP contribution in [-0.4, -0.2) is 16.6 Å². The van der Waals surface area contributed by atoms with Crippen molar-refractivity contribution in [1.82, 2.24) is 4.98 Å². The van der Waals surface area contributed by atoms with Gasteiger partial charge in [-0.15, -0.1) is 0 Å². The molecule has 0 amide bonds. The van der Waals surface area contributed by atoms with Gasteiger partial charge in [-0.25, -0.2) is 0 Å². The van der Waals surface area contributed by atoms with Gasteiger partial charge in [-0.1, -0.05) is 19.4 Å². The van der Waals surface area contributed by atoms with Crippen molar-refractivity contribution >= 4 is 0 Å². The second-order valence-electron chi connectivity index (χ2n) is 5.72. The van der Waals surface area contributed by atoms with E-state index in [0.717, 1.165) is 24.1 Å². The Kier molecular flexibility index (Phi) is 4.03. The first-order valence-corrected chi connectivity index (χ1v) is 6.92. The summed E-state index contributed by atoms with van der Waals surface area (Å²) in [6.45, 7) is 4.73. The van der Waals surface area contributed by atoms with Crippen molar-refractivity contribution in [3.05, 3.63) is 29.6 Å². The molecule has 0 radical (unpaired) electrons. The van der Waals surface area contributed by atoms with E-state index in [2.05, 4.69) is 11.9 Å². The zero-order chi connectivity index (χ0) is 13.2. The van der Waals surface area contributed by atoms with Gasteiger partial charge in [-0.2, -0.15) is 0 Å². The summed E-state index contributed by atoms with van der Waals surface area (Å²) < 4.78 is 0. The molecule has 1 aromatic heterocycles. The Balaban J connectivity index is 2.20. The van der Waals surface area contributed by atoms with Crippen molar-refractivity contribution in [2.24, 2.45) is 17.1 Å². The van der Waals surface area contributed by atoms with E-state index in [1.165, 1.54) is 12.8 Å². The van der Waals surface area contributed by atoms with E-state index in [-0.39, 0.29) is 5.41 Å². The number of pyridine rings is 1. The molecule has 0 saturated heterocycles. The number of hydrogen-bond donors (Lipinski definition) is 2. The van der Waals surface area contributed by atoms with Crippen LogP contribution in [0.2, 0.25) is 0 Å². The molecule has 100 valence electrons. The largest absolute Gasteiger partial charge is 0.388 e. The average molecular weight is 248 g/mol. The lowest BCUT2D eigenvalue weighted by molar-refractivity contribution is 0.0299. The topological polar surface area (TPSA) is 59.1 Å². The molecule has 1 heterocycles. The number of aromatic nitrogens is 1. The van der Waals surface area contributed by atoms with Crippen LogP contribution in [0.5, 0.6) is 0 Å². The Bertz CT molecular complexity index is 390. The maximum Gasteiger partial charge on any atom is 0.0873 e. The molecule has 1 aromatic rings. The number of aliphatic hydroxyl groups excluding tert-OH is 1. The van der Waals surface area contributed by atoms with Crippen LogP contribution in [0.4, 0.5) is 0 Å². The van der Waals surface area contributed by atoms with Crippen LogP contribution in [-0.2, 0) is 0 Å². The fourth-order valence-corrected chi connectivity index (χ4v) is 3.16. The van der Waals surface area contributed by atoms with Crippen molar-refractivity contribution in [3.63, 3.8) is 0 Å². The smallest absolute Gasteiger partial charge is 0.0873 e. The summed E-state index contributed by atoms with van der Waals surface area (Å²) in [5, 5.41) is 10.7. The fourth-order valence-electron chi connectivity index (χ4n) is 3.16. The van der Waals surface area contributed by atoms with E-state index in [1.54, 1.807) is 6.20 Å². The van der Waals surface area contributed by atoms with Crippen LogP contribution in [0.1, 0.15) is 50.0 Å². The number of aryl methyl sites for hydroxylation is 1. The zero-order valence-corrected chi connectivity index (χ0v) is 11.4.